The maximum absolute atomic E-state index is 12.0. The lowest BCUT2D eigenvalue weighted by atomic mass is 10.2. The Labute approximate surface area is 66.8 Å². The summed E-state index contributed by atoms with van der Waals surface area (Å²) in [6.07, 6.45) is -3.53. The van der Waals surface area contributed by atoms with E-state index in [0.717, 1.165) is 18.3 Å². The molecule has 5 heteroatoms. The Bertz CT molecular complexity index is 295. The van der Waals surface area contributed by atoms with Gasteiger partial charge in [-0.25, -0.2) is 0 Å². The Morgan fingerprint density at radius 1 is 1.42 bits per heavy atom. The highest BCUT2D eigenvalue weighted by atomic mass is 19.4. The highest BCUT2D eigenvalue weighted by Gasteiger charge is 2.31. The van der Waals surface area contributed by atoms with E-state index in [-0.39, 0.29) is 5.69 Å². The first kappa shape index (κ1) is 8.83. The molecule has 0 aliphatic rings. The first-order chi connectivity index (χ1) is 5.41. The fourth-order valence-electron chi connectivity index (χ4n) is 0.779. The number of pyridine rings is 1. The molecular weight excluding hydrogens is 171 g/mol. The predicted octanol–water partition coefficient (Wildman–Crippen LogP) is 1.65. The van der Waals surface area contributed by atoms with E-state index in [0.29, 0.717) is 4.73 Å². The van der Waals surface area contributed by atoms with Crippen molar-refractivity contribution in [1.29, 1.82) is 0 Å². The maximum Gasteiger partial charge on any atom is 0.416 e. The van der Waals surface area contributed by atoms with Crippen LogP contribution in [0.2, 0.25) is 0 Å². The van der Waals surface area contributed by atoms with Crippen molar-refractivity contribution < 1.29 is 17.9 Å². The van der Waals surface area contributed by atoms with Crippen molar-refractivity contribution in [3.63, 3.8) is 0 Å². The topological polar surface area (TPSA) is 26.9 Å². The van der Waals surface area contributed by atoms with Gasteiger partial charge in [-0.05, 0) is 0 Å². The quantitative estimate of drug-likeness (QED) is 0.437. The summed E-state index contributed by atoms with van der Waals surface area (Å²) < 4.78 is 36.3. The zero-order valence-corrected chi connectivity index (χ0v) is 6.22. The predicted molar refractivity (Wildman–Crippen MR) is 35.1 cm³/mol. The van der Waals surface area contributed by atoms with Crippen LogP contribution in [0.5, 0.6) is 0 Å². The minimum atomic E-state index is -4.38. The molecule has 0 aliphatic carbocycles. The Kier molecular flexibility index (Phi) is 1.95. The van der Waals surface area contributed by atoms with Gasteiger partial charge in [-0.3, -0.25) is 0 Å². The second kappa shape index (κ2) is 2.66. The molecule has 1 heterocycles. The van der Waals surface area contributed by atoms with Crippen LogP contribution >= 0.6 is 0 Å². The summed E-state index contributed by atoms with van der Waals surface area (Å²) in [7, 11) is 0. The molecule has 0 aliphatic heterocycles. The number of alkyl halides is 3. The second-order valence-corrected chi connectivity index (χ2v) is 2.38. The van der Waals surface area contributed by atoms with Crippen LogP contribution < -0.4 is 4.73 Å². The molecule has 0 amide bonds. The van der Waals surface area contributed by atoms with Gasteiger partial charge in [0.1, 0.15) is 0 Å². The molecule has 0 atom stereocenters. The molecule has 0 saturated heterocycles. The van der Waals surface area contributed by atoms with E-state index in [1.807, 2.05) is 0 Å². The van der Waals surface area contributed by atoms with Crippen molar-refractivity contribution in [1.82, 2.24) is 0 Å². The monoisotopic (exact) mass is 177 g/mol. The summed E-state index contributed by atoms with van der Waals surface area (Å²) in [6, 6.07) is 1.56. The molecule has 0 fully saturated rings. The molecule has 0 bridgehead atoms. The number of hydrogen-bond acceptors (Lipinski definition) is 1. The smallest absolute Gasteiger partial charge is 0.416 e. The second-order valence-electron chi connectivity index (χ2n) is 2.38. The normalized spacial score (nSPS) is 11.7. The first-order valence-electron chi connectivity index (χ1n) is 3.18. The van der Waals surface area contributed by atoms with Crippen molar-refractivity contribution in [2.45, 2.75) is 13.1 Å². The number of halogens is 3. The summed E-state index contributed by atoms with van der Waals surface area (Å²) in [5, 5.41) is 10.6. The fraction of sp³-hybridized carbons (Fsp3) is 0.286. The van der Waals surface area contributed by atoms with Crippen LogP contribution in [0, 0.1) is 12.1 Å². The molecule has 66 valence electrons. The molecule has 0 aromatic carbocycles. The van der Waals surface area contributed by atoms with E-state index in [1.54, 1.807) is 0 Å². The van der Waals surface area contributed by atoms with E-state index in [1.165, 1.54) is 6.92 Å². The Balaban J connectivity index is 3.14. The van der Waals surface area contributed by atoms with E-state index in [9.17, 15) is 18.4 Å². The molecule has 0 spiro atoms. The number of rotatable bonds is 0. The van der Waals surface area contributed by atoms with Crippen molar-refractivity contribution in [2.24, 2.45) is 0 Å². The van der Waals surface area contributed by atoms with Gasteiger partial charge in [0.05, 0.1) is 5.56 Å². The first-order valence-corrected chi connectivity index (χ1v) is 3.18. The lowest BCUT2D eigenvalue weighted by molar-refractivity contribution is -0.612. The zero-order chi connectivity index (χ0) is 9.35. The van der Waals surface area contributed by atoms with Crippen molar-refractivity contribution in [2.75, 3.05) is 0 Å². The molecule has 2 nitrogen and oxygen atoms in total. The highest BCUT2D eigenvalue weighted by molar-refractivity contribution is 5.15. The summed E-state index contributed by atoms with van der Waals surface area (Å²) in [4.78, 5) is 0. The Morgan fingerprint density at radius 2 is 2.00 bits per heavy atom. The fourth-order valence-corrected chi connectivity index (χ4v) is 0.779. The van der Waals surface area contributed by atoms with Crippen molar-refractivity contribution in [3.8, 4) is 0 Å². The highest BCUT2D eigenvalue weighted by Crippen LogP contribution is 2.28. The van der Waals surface area contributed by atoms with Crippen LogP contribution in [-0.4, -0.2) is 0 Å². The number of aryl methyl sites for hydroxylation is 1. The minimum Gasteiger partial charge on any atom is -0.619 e. The van der Waals surface area contributed by atoms with E-state index in [2.05, 4.69) is 0 Å². The average molecular weight is 177 g/mol. The van der Waals surface area contributed by atoms with Crippen LogP contribution in [0.3, 0.4) is 0 Å². The van der Waals surface area contributed by atoms with Gasteiger partial charge in [0.2, 0.25) is 0 Å². The van der Waals surface area contributed by atoms with Crippen LogP contribution in [-0.2, 0) is 6.18 Å². The summed E-state index contributed by atoms with van der Waals surface area (Å²) in [6.45, 7) is 1.32. The van der Waals surface area contributed by atoms with Gasteiger partial charge in [0.25, 0.3) is 0 Å². The lowest BCUT2D eigenvalue weighted by Gasteiger charge is -2.06. The Hall–Kier alpha value is -1.26. The molecule has 1 rings (SSSR count). The van der Waals surface area contributed by atoms with E-state index < -0.39 is 11.7 Å². The number of hydrogen-bond donors (Lipinski definition) is 0. The van der Waals surface area contributed by atoms with E-state index >= 15 is 0 Å². The van der Waals surface area contributed by atoms with Gasteiger partial charge in [-0.2, -0.15) is 17.9 Å². The van der Waals surface area contributed by atoms with Gasteiger partial charge >= 0.3 is 6.18 Å². The summed E-state index contributed by atoms with van der Waals surface area (Å²) in [5.74, 6) is 0. The third-order valence-electron chi connectivity index (χ3n) is 1.43. The molecular formula is C7H6F3NO. The largest absolute Gasteiger partial charge is 0.619 e. The third-order valence-corrected chi connectivity index (χ3v) is 1.43. The van der Waals surface area contributed by atoms with E-state index in [4.69, 9.17) is 0 Å². The maximum atomic E-state index is 12.0. The van der Waals surface area contributed by atoms with Crippen LogP contribution in [0.15, 0.2) is 18.3 Å². The molecule has 1 aromatic rings. The number of nitrogens with zero attached hydrogens (tertiary/aromatic N) is 1. The van der Waals surface area contributed by atoms with Gasteiger partial charge in [0, 0.05) is 19.1 Å². The third kappa shape index (κ3) is 1.66. The zero-order valence-electron chi connectivity index (χ0n) is 6.22. The Morgan fingerprint density at radius 3 is 2.42 bits per heavy atom. The average Bonchev–Trinajstić information content (AvgIpc) is 1.92. The SMILES string of the molecule is Cc1cc(C(F)(F)F)cc[n+]1[O-]. The number of aromatic nitrogens is 1. The summed E-state index contributed by atoms with van der Waals surface area (Å²) in [5.41, 5.74) is -0.767. The van der Waals surface area contributed by atoms with Crippen molar-refractivity contribution in [3.05, 3.63) is 34.8 Å². The van der Waals surface area contributed by atoms with Crippen molar-refractivity contribution >= 4 is 0 Å². The van der Waals surface area contributed by atoms with Gasteiger partial charge in [0.15, 0.2) is 11.9 Å². The lowest BCUT2D eigenvalue weighted by Crippen LogP contribution is -2.29. The molecule has 0 saturated carbocycles. The summed E-state index contributed by atoms with van der Waals surface area (Å²) >= 11 is 0. The van der Waals surface area contributed by atoms with Crippen LogP contribution in [0.4, 0.5) is 13.2 Å². The standard InChI is InChI=1S/C7H6F3NO/c1-5-4-6(7(8,9)10)2-3-11(5)12/h2-4H,1H3. The van der Waals surface area contributed by atoms with Gasteiger partial charge in [-0.1, -0.05) is 0 Å². The molecule has 12 heavy (non-hydrogen) atoms. The van der Waals surface area contributed by atoms with Crippen LogP contribution in [0.25, 0.3) is 0 Å². The molecule has 0 radical (unpaired) electrons. The molecule has 1 aromatic heterocycles. The molecule has 0 N–H and O–H groups in total. The van der Waals surface area contributed by atoms with Gasteiger partial charge in [-0.15, -0.1) is 0 Å². The minimum absolute atomic E-state index is 0.0322. The van der Waals surface area contributed by atoms with Gasteiger partial charge < -0.3 is 5.21 Å². The molecule has 0 unspecified atom stereocenters. The van der Waals surface area contributed by atoms with Crippen LogP contribution in [0.1, 0.15) is 11.3 Å².